The number of fused-ring (bicyclic) bond motifs is 1. The van der Waals surface area contributed by atoms with E-state index in [0.717, 1.165) is 22.3 Å². The van der Waals surface area contributed by atoms with E-state index in [4.69, 9.17) is 5.73 Å². The maximum atomic E-state index is 5.92. The Kier molecular flexibility index (Phi) is 3.02. The highest BCUT2D eigenvalue weighted by molar-refractivity contribution is 5.82. The zero-order valence-electron chi connectivity index (χ0n) is 10.5. The molecule has 0 radical (unpaired) electrons. The predicted octanol–water partition coefficient (Wildman–Crippen LogP) is 3.43. The normalized spacial score (nSPS) is 10.5. The molecule has 0 unspecified atom stereocenters. The third-order valence-electron chi connectivity index (χ3n) is 3.15. The number of hydrogen-bond donors (Lipinski definition) is 2. The highest BCUT2D eigenvalue weighted by atomic mass is 14.9. The Morgan fingerprint density at radius 1 is 0.947 bits per heavy atom. The fourth-order valence-corrected chi connectivity index (χ4v) is 2.16. The summed E-state index contributed by atoms with van der Waals surface area (Å²) in [6, 6.07) is 18.0. The molecule has 3 heteroatoms. The molecule has 3 N–H and O–H groups in total. The van der Waals surface area contributed by atoms with Crippen LogP contribution in [-0.2, 0) is 6.54 Å². The van der Waals surface area contributed by atoms with Gasteiger partial charge in [0.15, 0.2) is 0 Å². The summed E-state index contributed by atoms with van der Waals surface area (Å²) in [5.41, 5.74) is 9.84. The van der Waals surface area contributed by atoms with Gasteiger partial charge in [0.25, 0.3) is 0 Å². The van der Waals surface area contributed by atoms with E-state index >= 15 is 0 Å². The molecule has 0 atom stereocenters. The SMILES string of the molecule is Nc1ccccc1NCc1cccc2cccnc12. The summed E-state index contributed by atoms with van der Waals surface area (Å²) in [7, 11) is 0. The van der Waals surface area contributed by atoms with Gasteiger partial charge in [0.1, 0.15) is 0 Å². The molecular weight excluding hydrogens is 234 g/mol. The van der Waals surface area contributed by atoms with E-state index in [2.05, 4.69) is 34.6 Å². The first kappa shape index (κ1) is 11.5. The van der Waals surface area contributed by atoms with E-state index in [1.54, 1.807) is 0 Å². The van der Waals surface area contributed by atoms with Crippen molar-refractivity contribution < 1.29 is 0 Å². The predicted molar refractivity (Wildman–Crippen MR) is 79.9 cm³/mol. The van der Waals surface area contributed by atoms with E-state index in [1.807, 2.05) is 36.5 Å². The quantitative estimate of drug-likeness (QED) is 0.699. The maximum Gasteiger partial charge on any atom is 0.0751 e. The molecule has 3 rings (SSSR count). The van der Waals surface area contributed by atoms with Crippen molar-refractivity contribution in [3.8, 4) is 0 Å². The number of nitrogens with one attached hydrogen (secondary N) is 1. The highest BCUT2D eigenvalue weighted by Gasteiger charge is 2.02. The van der Waals surface area contributed by atoms with Crippen LogP contribution in [0.15, 0.2) is 60.8 Å². The average Bonchev–Trinajstić information content (AvgIpc) is 2.46. The summed E-state index contributed by atoms with van der Waals surface area (Å²) in [6.45, 7) is 0.711. The molecule has 0 saturated heterocycles. The van der Waals surface area contributed by atoms with Crippen molar-refractivity contribution in [1.82, 2.24) is 4.98 Å². The van der Waals surface area contributed by atoms with Gasteiger partial charge < -0.3 is 11.1 Å². The van der Waals surface area contributed by atoms with E-state index < -0.39 is 0 Å². The molecule has 0 fully saturated rings. The van der Waals surface area contributed by atoms with Gasteiger partial charge in [-0.15, -0.1) is 0 Å². The summed E-state index contributed by atoms with van der Waals surface area (Å²) in [6.07, 6.45) is 1.82. The van der Waals surface area contributed by atoms with Crippen LogP contribution in [0.4, 0.5) is 11.4 Å². The molecule has 0 aliphatic carbocycles. The van der Waals surface area contributed by atoms with Crippen molar-refractivity contribution in [2.75, 3.05) is 11.1 Å². The van der Waals surface area contributed by atoms with Crippen LogP contribution in [0.1, 0.15) is 5.56 Å². The second-order valence-electron chi connectivity index (χ2n) is 4.43. The summed E-state index contributed by atoms with van der Waals surface area (Å²) < 4.78 is 0. The van der Waals surface area contributed by atoms with Gasteiger partial charge in [-0.2, -0.15) is 0 Å². The van der Waals surface area contributed by atoms with Crippen molar-refractivity contribution in [2.45, 2.75) is 6.54 Å². The van der Waals surface area contributed by atoms with Gasteiger partial charge in [0.05, 0.1) is 16.9 Å². The zero-order chi connectivity index (χ0) is 13.1. The van der Waals surface area contributed by atoms with Gasteiger partial charge in [0.2, 0.25) is 0 Å². The monoisotopic (exact) mass is 249 g/mol. The molecule has 1 heterocycles. The van der Waals surface area contributed by atoms with Crippen LogP contribution >= 0.6 is 0 Å². The molecule has 0 spiro atoms. The number of pyridine rings is 1. The Bertz CT molecular complexity index is 702. The topological polar surface area (TPSA) is 50.9 Å². The molecule has 0 amide bonds. The van der Waals surface area contributed by atoms with Gasteiger partial charge in [-0.1, -0.05) is 36.4 Å². The summed E-state index contributed by atoms with van der Waals surface area (Å²) in [5.74, 6) is 0. The van der Waals surface area contributed by atoms with E-state index in [0.29, 0.717) is 6.54 Å². The summed E-state index contributed by atoms with van der Waals surface area (Å²) in [5, 5.41) is 4.51. The number of nitrogens with two attached hydrogens (primary N) is 1. The standard InChI is InChI=1S/C16H15N3/c17-14-8-1-2-9-15(14)19-11-13-6-3-5-12-7-4-10-18-16(12)13/h1-10,19H,11,17H2. The van der Waals surface area contributed by atoms with Crippen LogP contribution < -0.4 is 11.1 Å². The Balaban J connectivity index is 1.88. The summed E-state index contributed by atoms with van der Waals surface area (Å²) in [4.78, 5) is 4.44. The van der Waals surface area contributed by atoms with Crippen LogP contribution in [-0.4, -0.2) is 4.98 Å². The number of rotatable bonds is 3. The van der Waals surface area contributed by atoms with E-state index in [9.17, 15) is 0 Å². The lowest BCUT2D eigenvalue weighted by Crippen LogP contribution is -2.03. The molecule has 19 heavy (non-hydrogen) atoms. The van der Waals surface area contributed by atoms with Crippen LogP contribution in [0.5, 0.6) is 0 Å². The fraction of sp³-hybridized carbons (Fsp3) is 0.0625. The first-order valence-corrected chi connectivity index (χ1v) is 6.25. The largest absolute Gasteiger partial charge is 0.397 e. The molecular formula is C16H15N3. The lowest BCUT2D eigenvalue weighted by Gasteiger charge is -2.10. The van der Waals surface area contributed by atoms with Gasteiger partial charge in [-0.05, 0) is 23.8 Å². The van der Waals surface area contributed by atoms with Crippen LogP contribution in [0.25, 0.3) is 10.9 Å². The minimum Gasteiger partial charge on any atom is -0.397 e. The number of aromatic nitrogens is 1. The molecule has 94 valence electrons. The minimum atomic E-state index is 0.711. The molecule has 2 aromatic carbocycles. The van der Waals surface area contributed by atoms with Crippen molar-refractivity contribution in [2.24, 2.45) is 0 Å². The number of hydrogen-bond acceptors (Lipinski definition) is 3. The van der Waals surface area contributed by atoms with Crippen molar-refractivity contribution >= 4 is 22.3 Å². The van der Waals surface area contributed by atoms with E-state index in [-0.39, 0.29) is 0 Å². The number of anilines is 2. The molecule has 3 aromatic rings. The smallest absolute Gasteiger partial charge is 0.0751 e. The van der Waals surface area contributed by atoms with Crippen molar-refractivity contribution in [1.29, 1.82) is 0 Å². The third kappa shape index (κ3) is 2.36. The van der Waals surface area contributed by atoms with Gasteiger partial charge >= 0.3 is 0 Å². The Morgan fingerprint density at radius 3 is 2.68 bits per heavy atom. The average molecular weight is 249 g/mol. The van der Waals surface area contributed by atoms with E-state index in [1.165, 1.54) is 5.56 Å². The minimum absolute atomic E-state index is 0.711. The van der Waals surface area contributed by atoms with Crippen LogP contribution in [0.3, 0.4) is 0 Å². The lowest BCUT2D eigenvalue weighted by atomic mass is 10.1. The molecule has 0 bridgehead atoms. The summed E-state index contributed by atoms with van der Waals surface area (Å²) >= 11 is 0. The molecule has 3 nitrogen and oxygen atoms in total. The van der Waals surface area contributed by atoms with Crippen LogP contribution in [0.2, 0.25) is 0 Å². The zero-order valence-corrected chi connectivity index (χ0v) is 10.5. The third-order valence-corrected chi connectivity index (χ3v) is 3.15. The van der Waals surface area contributed by atoms with Gasteiger partial charge in [0, 0.05) is 18.1 Å². The molecule has 0 aliphatic heterocycles. The molecule has 0 aliphatic rings. The number of nitrogen functional groups attached to an aromatic ring is 1. The number of nitrogens with zero attached hydrogens (tertiary/aromatic N) is 1. The second-order valence-corrected chi connectivity index (χ2v) is 4.43. The Labute approximate surface area is 112 Å². The molecule has 1 aromatic heterocycles. The highest BCUT2D eigenvalue weighted by Crippen LogP contribution is 2.20. The maximum absolute atomic E-state index is 5.92. The van der Waals surface area contributed by atoms with Gasteiger partial charge in [-0.3, -0.25) is 4.98 Å². The Morgan fingerprint density at radius 2 is 1.79 bits per heavy atom. The van der Waals surface area contributed by atoms with Crippen molar-refractivity contribution in [3.05, 3.63) is 66.4 Å². The Hall–Kier alpha value is -2.55. The fourth-order valence-electron chi connectivity index (χ4n) is 2.16. The molecule has 0 saturated carbocycles. The lowest BCUT2D eigenvalue weighted by molar-refractivity contribution is 1.15. The number of benzene rings is 2. The second kappa shape index (κ2) is 4.98. The van der Waals surface area contributed by atoms with Crippen LogP contribution in [0, 0.1) is 0 Å². The first-order valence-electron chi connectivity index (χ1n) is 6.25. The first-order chi connectivity index (χ1) is 9.34. The van der Waals surface area contributed by atoms with Crippen molar-refractivity contribution in [3.63, 3.8) is 0 Å². The van der Waals surface area contributed by atoms with Gasteiger partial charge in [-0.25, -0.2) is 0 Å². The number of para-hydroxylation sites is 3.